The van der Waals surface area contributed by atoms with Gasteiger partial charge in [0.2, 0.25) is 0 Å². The first kappa shape index (κ1) is 18.3. The van der Waals surface area contributed by atoms with Gasteiger partial charge in [-0.25, -0.2) is 0 Å². The summed E-state index contributed by atoms with van der Waals surface area (Å²) in [5, 5.41) is 3.52. The van der Waals surface area contributed by atoms with Crippen molar-refractivity contribution in [1.82, 2.24) is 5.32 Å². The number of likely N-dealkylation sites (N-methyl/N-ethyl adjacent to an activating group) is 1. The van der Waals surface area contributed by atoms with Crippen LogP contribution in [0.1, 0.15) is 5.56 Å². The molecule has 1 aliphatic heterocycles. The second-order valence-electron chi connectivity index (χ2n) is 5.64. The molecule has 2 aromatic carbocycles. The number of benzene rings is 2. The van der Waals surface area contributed by atoms with E-state index in [-0.39, 0.29) is 18.4 Å². The van der Waals surface area contributed by atoms with Gasteiger partial charge >= 0.3 is 0 Å². The fraction of sp³-hybridized carbons (Fsp3) is 0.158. The van der Waals surface area contributed by atoms with Gasteiger partial charge in [-0.2, -0.15) is 0 Å². The van der Waals surface area contributed by atoms with Crippen LogP contribution in [0.4, 0.5) is 5.69 Å². The van der Waals surface area contributed by atoms with Crippen LogP contribution in [0.15, 0.2) is 48.5 Å². The Kier molecular flexibility index (Phi) is 5.49. The fourth-order valence-electron chi connectivity index (χ4n) is 2.63. The lowest BCUT2D eigenvalue weighted by molar-refractivity contribution is -0.127. The van der Waals surface area contributed by atoms with E-state index in [1.807, 2.05) is 6.07 Å². The van der Waals surface area contributed by atoms with Crippen molar-refractivity contribution >= 4 is 46.8 Å². The van der Waals surface area contributed by atoms with E-state index in [1.54, 1.807) is 42.5 Å². The van der Waals surface area contributed by atoms with Gasteiger partial charge in [-0.3, -0.25) is 9.59 Å². The van der Waals surface area contributed by atoms with Crippen LogP contribution < -0.4 is 15.0 Å². The van der Waals surface area contributed by atoms with Crippen LogP contribution in [0.5, 0.6) is 5.75 Å². The summed E-state index contributed by atoms with van der Waals surface area (Å²) in [6.07, 6.45) is 2.26. The van der Waals surface area contributed by atoms with Gasteiger partial charge in [-0.15, -0.1) is 0 Å². The van der Waals surface area contributed by atoms with E-state index in [0.717, 1.165) is 0 Å². The van der Waals surface area contributed by atoms with Gasteiger partial charge in [0.1, 0.15) is 5.75 Å². The molecule has 7 heteroatoms. The van der Waals surface area contributed by atoms with Crippen molar-refractivity contribution in [1.29, 1.82) is 0 Å². The second-order valence-corrected chi connectivity index (χ2v) is 6.48. The minimum atomic E-state index is -0.772. The maximum Gasteiger partial charge on any atom is 0.262 e. The Labute approximate surface area is 161 Å². The zero-order chi connectivity index (χ0) is 18.7. The molecular formula is C19H16Cl2N2O3. The number of hydrogen-bond acceptors (Lipinski definition) is 3. The third-order valence-electron chi connectivity index (χ3n) is 3.95. The Morgan fingerprint density at radius 3 is 2.73 bits per heavy atom. The summed E-state index contributed by atoms with van der Waals surface area (Å²) < 4.78 is 5.69. The van der Waals surface area contributed by atoms with E-state index < -0.39 is 6.10 Å². The van der Waals surface area contributed by atoms with Gasteiger partial charge in [-0.05, 0) is 35.9 Å². The minimum absolute atomic E-state index is 0.119. The average Bonchev–Trinajstić information content (AvgIpc) is 2.65. The number of hydrogen-bond donors (Lipinski definition) is 1. The normalized spacial score (nSPS) is 16.1. The standard InChI is InChI=1S/C19H16Cl2N2O3/c1-22-19(25)17-11-23(15-4-2-3-5-16(15)26-17)18(24)9-7-12-6-8-13(20)10-14(12)21/h2-10,17H,11H2,1H3,(H,22,25)/b9-7+/t17-/m1/s1. The van der Waals surface area contributed by atoms with Gasteiger partial charge in [0, 0.05) is 23.2 Å². The predicted molar refractivity (Wildman–Crippen MR) is 103 cm³/mol. The Hall–Kier alpha value is -2.50. The smallest absolute Gasteiger partial charge is 0.262 e. The number of fused-ring (bicyclic) bond motifs is 1. The Morgan fingerprint density at radius 2 is 2.00 bits per heavy atom. The largest absolute Gasteiger partial charge is 0.477 e. The maximum atomic E-state index is 12.8. The number of amides is 2. The lowest BCUT2D eigenvalue weighted by Crippen LogP contribution is -2.49. The molecule has 0 saturated carbocycles. The van der Waals surface area contributed by atoms with Gasteiger partial charge < -0.3 is 15.0 Å². The molecule has 134 valence electrons. The maximum absolute atomic E-state index is 12.8. The van der Waals surface area contributed by atoms with Crippen LogP contribution in [0, 0.1) is 0 Å². The van der Waals surface area contributed by atoms with Crippen molar-refractivity contribution in [3.8, 4) is 5.75 Å². The van der Waals surface area contributed by atoms with E-state index in [4.69, 9.17) is 27.9 Å². The summed E-state index contributed by atoms with van der Waals surface area (Å²) in [4.78, 5) is 26.2. The first-order valence-electron chi connectivity index (χ1n) is 7.91. The first-order valence-corrected chi connectivity index (χ1v) is 8.67. The monoisotopic (exact) mass is 390 g/mol. The molecule has 0 fully saturated rings. The molecule has 0 bridgehead atoms. The number of carbonyl (C=O) groups is 2. The molecule has 0 unspecified atom stereocenters. The zero-order valence-electron chi connectivity index (χ0n) is 13.9. The van der Waals surface area contributed by atoms with Crippen molar-refractivity contribution in [3.05, 3.63) is 64.1 Å². The molecule has 2 aromatic rings. The molecule has 3 rings (SSSR count). The van der Waals surface area contributed by atoms with Crippen molar-refractivity contribution in [2.75, 3.05) is 18.5 Å². The van der Waals surface area contributed by atoms with Crippen LogP contribution >= 0.6 is 23.2 Å². The molecule has 0 spiro atoms. The number of carbonyl (C=O) groups excluding carboxylic acids is 2. The highest BCUT2D eigenvalue weighted by molar-refractivity contribution is 6.35. The molecule has 1 heterocycles. The van der Waals surface area contributed by atoms with Crippen molar-refractivity contribution in [2.45, 2.75) is 6.10 Å². The number of halogens is 2. The van der Waals surface area contributed by atoms with Crippen molar-refractivity contribution in [3.63, 3.8) is 0 Å². The number of para-hydroxylation sites is 2. The van der Waals surface area contributed by atoms with E-state index >= 15 is 0 Å². The summed E-state index contributed by atoms with van der Waals surface area (Å²) in [6, 6.07) is 12.1. The van der Waals surface area contributed by atoms with Crippen molar-refractivity contribution < 1.29 is 14.3 Å². The van der Waals surface area contributed by atoms with E-state index in [0.29, 0.717) is 27.0 Å². The lowest BCUT2D eigenvalue weighted by atomic mass is 10.1. The molecule has 0 radical (unpaired) electrons. The molecular weight excluding hydrogens is 375 g/mol. The van der Waals surface area contributed by atoms with E-state index in [1.165, 1.54) is 18.0 Å². The second kappa shape index (κ2) is 7.81. The number of ether oxygens (including phenoxy) is 1. The van der Waals surface area contributed by atoms with Gasteiger partial charge in [-0.1, -0.05) is 41.4 Å². The first-order chi connectivity index (χ1) is 12.5. The van der Waals surface area contributed by atoms with E-state index in [2.05, 4.69) is 5.32 Å². The SMILES string of the molecule is CNC(=O)[C@H]1CN(C(=O)/C=C/c2ccc(Cl)cc2Cl)c2ccccc2O1. The molecule has 1 N–H and O–H groups in total. The van der Waals surface area contributed by atoms with Crippen LogP contribution in [0.3, 0.4) is 0 Å². The molecule has 0 aromatic heterocycles. The Balaban J connectivity index is 1.87. The van der Waals surface area contributed by atoms with E-state index in [9.17, 15) is 9.59 Å². The average molecular weight is 391 g/mol. The minimum Gasteiger partial charge on any atom is -0.477 e. The summed E-state index contributed by atoms with van der Waals surface area (Å²) in [5.41, 5.74) is 1.29. The number of nitrogens with one attached hydrogen (secondary N) is 1. The fourth-order valence-corrected chi connectivity index (χ4v) is 3.10. The lowest BCUT2D eigenvalue weighted by Gasteiger charge is -2.33. The Morgan fingerprint density at radius 1 is 1.23 bits per heavy atom. The molecule has 5 nitrogen and oxygen atoms in total. The summed E-state index contributed by atoms with van der Waals surface area (Å²) in [5.74, 6) is -0.0821. The topological polar surface area (TPSA) is 58.6 Å². The highest BCUT2D eigenvalue weighted by Crippen LogP contribution is 2.33. The third-order valence-corrected chi connectivity index (χ3v) is 4.51. The highest BCUT2D eigenvalue weighted by atomic mass is 35.5. The summed E-state index contributed by atoms with van der Waals surface area (Å²) >= 11 is 12.0. The van der Waals surface area contributed by atoms with Crippen molar-refractivity contribution in [2.24, 2.45) is 0 Å². The number of rotatable bonds is 3. The third kappa shape index (κ3) is 3.84. The Bertz CT molecular complexity index is 883. The van der Waals surface area contributed by atoms with Gasteiger partial charge in [0.25, 0.3) is 11.8 Å². The van der Waals surface area contributed by atoms with Crippen LogP contribution in [0.2, 0.25) is 10.0 Å². The summed E-state index contributed by atoms with van der Waals surface area (Å²) in [6.45, 7) is 0.119. The number of nitrogens with zero attached hydrogens (tertiary/aromatic N) is 1. The molecule has 1 aliphatic rings. The quantitative estimate of drug-likeness (QED) is 0.815. The van der Waals surface area contributed by atoms with Crippen LogP contribution in [0.25, 0.3) is 6.08 Å². The summed E-state index contributed by atoms with van der Waals surface area (Å²) in [7, 11) is 1.53. The van der Waals surface area contributed by atoms with Crippen LogP contribution in [-0.4, -0.2) is 31.5 Å². The number of anilines is 1. The molecule has 26 heavy (non-hydrogen) atoms. The molecule has 1 atom stereocenters. The highest BCUT2D eigenvalue weighted by Gasteiger charge is 2.32. The molecule has 2 amide bonds. The predicted octanol–water partition coefficient (Wildman–Crippen LogP) is 3.55. The zero-order valence-corrected chi connectivity index (χ0v) is 15.4. The van der Waals surface area contributed by atoms with Gasteiger partial charge in [0.05, 0.1) is 12.2 Å². The van der Waals surface area contributed by atoms with Crippen LogP contribution in [-0.2, 0) is 9.59 Å². The van der Waals surface area contributed by atoms with Gasteiger partial charge in [0.15, 0.2) is 6.10 Å². The molecule has 0 saturated heterocycles. The molecule has 0 aliphatic carbocycles.